The van der Waals surface area contributed by atoms with Crippen LogP contribution in [0.15, 0.2) is 57.7 Å². The van der Waals surface area contributed by atoms with Crippen LogP contribution < -0.4 is 5.56 Å². The Balaban J connectivity index is 2.14. The third-order valence-electron chi connectivity index (χ3n) is 4.00. The highest BCUT2D eigenvalue weighted by molar-refractivity contribution is 6.35. The highest BCUT2D eigenvalue weighted by Crippen LogP contribution is 2.31. The smallest absolute Gasteiger partial charge is 0.281 e. The van der Waals surface area contributed by atoms with Crippen molar-refractivity contribution in [1.82, 2.24) is 9.55 Å². The van der Waals surface area contributed by atoms with E-state index in [1.165, 1.54) is 13.0 Å². The summed E-state index contributed by atoms with van der Waals surface area (Å²) in [6.45, 7) is 1.54. The largest absolute Gasteiger partial charge is 0.493 e. The van der Waals surface area contributed by atoms with E-state index >= 15 is 0 Å². The van der Waals surface area contributed by atoms with Gasteiger partial charge in [-0.05, 0) is 36.8 Å². The molecule has 140 valence electrons. The molecular weight excluding hydrogens is 401 g/mol. The Morgan fingerprint density at radius 1 is 1.29 bits per heavy atom. The van der Waals surface area contributed by atoms with E-state index < -0.39 is 11.4 Å². The van der Waals surface area contributed by atoms with Gasteiger partial charge in [-0.2, -0.15) is 5.26 Å². The number of nitriles is 1. The molecule has 0 saturated carbocycles. The topological polar surface area (TPSA) is 104 Å². The normalized spacial score (nSPS) is 10.9. The summed E-state index contributed by atoms with van der Waals surface area (Å²) >= 11 is 12.0. The molecule has 28 heavy (non-hydrogen) atoms. The highest BCUT2D eigenvalue weighted by Gasteiger charge is 2.19. The lowest BCUT2D eigenvalue weighted by Gasteiger charge is -2.13. The molecule has 3 rings (SSSR count). The number of halogens is 2. The van der Waals surface area contributed by atoms with Gasteiger partial charge in [0, 0.05) is 23.0 Å². The number of nitrogens with zero attached hydrogens (tertiary/aromatic N) is 5. The molecule has 0 spiro atoms. The lowest BCUT2D eigenvalue weighted by Crippen LogP contribution is -2.22. The van der Waals surface area contributed by atoms with Gasteiger partial charge in [-0.25, -0.2) is 0 Å². The van der Waals surface area contributed by atoms with Crippen LogP contribution in [-0.2, 0) is 6.54 Å². The molecule has 0 saturated heterocycles. The van der Waals surface area contributed by atoms with Gasteiger partial charge in [-0.15, -0.1) is 10.2 Å². The number of hydrogen-bond donors (Lipinski definition) is 1. The van der Waals surface area contributed by atoms with Crippen LogP contribution in [0.3, 0.4) is 0 Å². The molecule has 0 aliphatic rings. The number of azo groups is 1. The maximum atomic E-state index is 12.9. The summed E-state index contributed by atoms with van der Waals surface area (Å²) in [6.07, 6.45) is 3.15. The van der Waals surface area contributed by atoms with Crippen molar-refractivity contribution in [2.75, 3.05) is 0 Å². The first-order chi connectivity index (χ1) is 13.4. The Morgan fingerprint density at radius 2 is 2.07 bits per heavy atom. The van der Waals surface area contributed by atoms with Gasteiger partial charge in [0.1, 0.15) is 17.3 Å². The lowest BCUT2D eigenvalue weighted by atomic mass is 10.1. The molecule has 0 fully saturated rings. The first-order valence-corrected chi connectivity index (χ1v) is 8.80. The minimum atomic E-state index is -0.597. The molecule has 0 radical (unpaired) electrons. The van der Waals surface area contributed by atoms with Crippen LogP contribution >= 0.6 is 23.2 Å². The third kappa shape index (κ3) is 3.88. The third-order valence-corrected chi connectivity index (χ3v) is 4.55. The summed E-state index contributed by atoms with van der Waals surface area (Å²) in [5, 5.41) is 28.6. The Bertz CT molecular complexity index is 1170. The zero-order chi connectivity index (χ0) is 20.3. The quantitative estimate of drug-likeness (QED) is 0.613. The molecule has 0 bridgehead atoms. The Hall–Kier alpha value is -3.21. The van der Waals surface area contributed by atoms with Crippen LogP contribution in [0.5, 0.6) is 5.88 Å². The predicted molar refractivity (Wildman–Crippen MR) is 106 cm³/mol. The summed E-state index contributed by atoms with van der Waals surface area (Å²) < 4.78 is 1.05. The van der Waals surface area contributed by atoms with Crippen LogP contribution in [-0.4, -0.2) is 14.7 Å². The molecule has 3 aromatic rings. The molecule has 1 N–H and O–H groups in total. The van der Waals surface area contributed by atoms with Crippen molar-refractivity contribution >= 4 is 34.6 Å². The van der Waals surface area contributed by atoms with E-state index in [-0.39, 0.29) is 29.0 Å². The van der Waals surface area contributed by atoms with E-state index in [0.29, 0.717) is 15.6 Å². The van der Waals surface area contributed by atoms with Gasteiger partial charge >= 0.3 is 0 Å². The molecule has 0 atom stereocenters. The molecule has 2 heterocycles. The second-order valence-electron chi connectivity index (χ2n) is 5.83. The van der Waals surface area contributed by atoms with Gasteiger partial charge in [0.15, 0.2) is 5.69 Å². The zero-order valence-corrected chi connectivity index (χ0v) is 16.1. The minimum Gasteiger partial charge on any atom is -0.493 e. The van der Waals surface area contributed by atoms with E-state index in [2.05, 4.69) is 15.2 Å². The summed E-state index contributed by atoms with van der Waals surface area (Å²) in [5.74, 6) is -0.436. The van der Waals surface area contributed by atoms with Crippen LogP contribution in [0, 0.1) is 18.3 Å². The van der Waals surface area contributed by atoms with Crippen LogP contribution in [0.1, 0.15) is 16.7 Å². The number of aromatic hydroxyl groups is 1. The second-order valence-corrected chi connectivity index (χ2v) is 6.68. The monoisotopic (exact) mass is 413 g/mol. The van der Waals surface area contributed by atoms with E-state index in [9.17, 15) is 15.2 Å². The standard InChI is InChI=1S/C19H13Cl2N5O2/c1-11-14(8-22)18(27)26(10-12-3-2-6-23-9-12)19(28)17(11)25-24-16-7-13(20)4-5-15(16)21/h2-7,9,27H,10H2,1H3. The van der Waals surface area contributed by atoms with Crippen LogP contribution in [0.2, 0.25) is 10.0 Å². The van der Waals surface area contributed by atoms with E-state index in [1.54, 1.807) is 36.7 Å². The summed E-state index contributed by atoms with van der Waals surface area (Å²) in [4.78, 5) is 16.9. The van der Waals surface area contributed by atoms with E-state index in [0.717, 1.165) is 4.57 Å². The number of hydrogen-bond acceptors (Lipinski definition) is 6. The van der Waals surface area contributed by atoms with Crippen molar-refractivity contribution in [3.8, 4) is 11.9 Å². The average Bonchev–Trinajstić information content (AvgIpc) is 2.69. The van der Waals surface area contributed by atoms with Gasteiger partial charge in [0.2, 0.25) is 5.88 Å². The number of benzene rings is 1. The lowest BCUT2D eigenvalue weighted by molar-refractivity contribution is 0.412. The Kier molecular flexibility index (Phi) is 5.73. The van der Waals surface area contributed by atoms with Gasteiger partial charge in [0.05, 0.1) is 11.6 Å². The summed E-state index contributed by atoms with van der Waals surface area (Å²) in [5.41, 5.74) is 0.435. The second kappa shape index (κ2) is 8.21. The van der Waals surface area contributed by atoms with Gasteiger partial charge < -0.3 is 5.11 Å². The molecule has 0 aliphatic carbocycles. The van der Waals surface area contributed by atoms with Crippen molar-refractivity contribution in [3.63, 3.8) is 0 Å². The number of aromatic nitrogens is 2. The number of rotatable bonds is 4. The van der Waals surface area contributed by atoms with E-state index in [4.69, 9.17) is 23.2 Å². The van der Waals surface area contributed by atoms with Crippen LogP contribution in [0.25, 0.3) is 0 Å². The van der Waals surface area contributed by atoms with E-state index in [1.807, 2.05) is 6.07 Å². The molecule has 0 amide bonds. The molecular formula is C19H13Cl2N5O2. The Morgan fingerprint density at radius 3 is 2.75 bits per heavy atom. The molecule has 9 heteroatoms. The molecule has 7 nitrogen and oxygen atoms in total. The first kappa shape index (κ1) is 19.5. The fourth-order valence-electron chi connectivity index (χ4n) is 2.54. The van der Waals surface area contributed by atoms with Gasteiger partial charge in [-0.1, -0.05) is 29.3 Å². The average molecular weight is 414 g/mol. The maximum Gasteiger partial charge on any atom is 0.281 e. The first-order valence-electron chi connectivity index (χ1n) is 8.04. The fourth-order valence-corrected chi connectivity index (χ4v) is 2.87. The molecule has 2 aromatic heterocycles. The SMILES string of the molecule is Cc1c(C#N)c(O)n(Cc2cccnc2)c(=O)c1N=Nc1cc(Cl)ccc1Cl. The van der Waals surface area contributed by atoms with Crippen molar-refractivity contribution < 1.29 is 5.11 Å². The molecule has 0 aliphatic heterocycles. The van der Waals surface area contributed by atoms with Crippen molar-refractivity contribution in [2.24, 2.45) is 10.2 Å². The van der Waals surface area contributed by atoms with Crippen molar-refractivity contribution in [1.29, 1.82) is 5.26 Å². The maximum absolute atomic E-state index is 12.9. The highest BCUT2D eigenvalue weighted by atomic mass is 35.5. The van der Waals surface area contributed by atoms with Crippen molar-refractivity contribution in [2.45, 2.75) is 13.5 Å². The zero-order valence-electron chi connectivity index (χ0n) is 14.6. The minimum absolute atomic E-state index is 0.0217. The summed E-state index contributed by atoms with van der Waals surface area (Å²) in [7, 11) is 0. The van der Waals surface area contributed by atoms with Crippen LogP contribution in [0.4, 0.5) is 11.4 Å². The van der Waals surface area contributed by atoms with Gasteiger partial charge in [0.25, 0.3) is 5.56 Å². The number of pyridine rings is 2. The van der Waals surface area contributed by atoms with Gasteiger partial charge in [-0.3, -0.25) is 14.3 Å². The summed E-state index contributed by atoms with van der Waals surface area (Å²) in [6, 6.07) is 10.0. The Labute approximate surface area is 170 Å². The molecule has 1 aromatic carbocycles. The van der Waals surface area contributed by atoms with Crippen molar-refractivity contribution in [3.05, 3.63) is 79.8 Å². The predicted octanol–water partition coefficient (Wildman–Crippen LogP) is 4.90. The molecule has 0 unspecified atom stereocenters. The fraction of sp³-hybridized carbons (Fsp3) is 0.105.